The summed E-state index contributed by atoms with van der Waals surface area (Å²) in [6.07, 6.45) is 11.4. The summed E-state index contributed by atoms with van der Waals surface area (Å²) in [5.41, 5.74) is 6.61. The van der Waals surface area contributed by atoms with E-state index in [1.807, 2.05) is 91.0 Å². The van der Waals surface area contributed by atoms with Crippen molar-refractivity contribution in [3.8, 4) is 0 Å². The van der Waals surface area contributed by atoms with Crippen molar-refractivity contribution in [2.75, 3.05) is 0 Å². The zero-order chi connectivity index (χ0) is 28.0. The summed E-state index contributed by atoms with van der Waals surface area (Å²) in [4.78, 5) is 0. The molecule has 0 aromatic heterocycles. The van der Waals surface area contributed by atoms with E-state index < -0.39 is 8.07 Å². The number of allylic oxidation sites excluding steroid dienone is 4. The Balaban J connectivity index is 0.000000288. The third-order valence-corrected chi connectivity index (χ3v) is 13.2. The fourth-order valence-electron chi connectivity index (χ4n) is 4.25. The summed E-state index contributed by atoms with van der Waals surface area (Å²) >= 11 is 0. The number of benzene rings is 3. The molecule has 1 unspecified atom stereocenters. The predicted octanol–water partition coefficient (Wildman–Crippen LogP) is 11.0. The molecule has 2 aliphatic rings. The topological polar surface area (TPSA) is 0 Å². The Morgan fingerprint density at radius 2 is 1.08 bits per heavy atom. The number of hydrogen-bond acceptors (Lipinski definition) is 0. The van der Waals surface area contributed by atoms with Crippen LogP contribution in [0, 0.1) is 32.8 Å². The Hall–Kier alpha value is -2.32. The molecule has 204 valence electrons. The summed E-state index contributed by atoms with van der Waals surface area (Å²) in [5.74, 6) is 0.672. The van der Waals surface area contributed by atoms with Gasteiger partial charge in [0.15, 0.2) is 0 Å². The maximum absolute atomic E-state index is 3.72. The van der Waals surface area contributed by atoms with Crippen LogP contribution in [-0.4, -0.2) is 8.07 Å². The van der Waals surface area contributed by atoms with Crippen LogP contribution in [0.2, 0.25) is 24.2 Å². The van der Waals surface area contributed by atoms with Crippen molar-refractivity contribution in [2.45, 2.75) is 70.6 Å². The molecule has 39 heavy (non-hydrogen) atoms. The van der Waals surface area contributed by atoms with Gasteiger partial charge >= 0.3 is 21.7 Å². The summed E-state index contributed by atoms with van der Waals surface area (Å²) in [7, 11) is -1.16. The van der Waals surface area contributed by atoms with Gasteiger partial charge in [-0.1, -0.05) is 83.3 Å². The molecule has 0 radical (unpaired) electrons. The van der Waals surface area contributed by atoms with Crippen LogP contribution in [0.3, 0.4) is 0 Å². The van der Waals surface area contributed by atoms with Crippen molar-refractivity contribution in [2.24, 2.45) is 5.92 Å². The fourth-order valence-corrected chi connectivity index (χ4v) is 6.25. The number of hydrogen-bond donors (Lipinski definition) is 0. The van der Waals surface area contributed by atoms with Crippen LogP contribution in [0.15, 0.2) is 108 Å². The van der Waals surface area contributed by atoms with Crippen LogP contribution in [0.4, 0.5) is 0 Å². The van der Waals surface area contributed by atoms with Gasteiger partial charge in [0, 0.05) is 0 Å². The predicted molar refractivity (Wildman–Crippen MR) is 172 cm³/mol. The minimum atomic E-state index is -1.16. The molecule has 0 saturated carbocycles. The van der Waals surface area contributed by atoms with Gasteiger partial charge in [-0.15, -0.1) is 36.4 Å². The van der Waals surface area contributed by atoms with E-state index in [1.165, 1.54) is 31.7 Å². The van der Waals surface area contributed by atoms with Crippen molar-refractivity contribution in [3.05, 3.63) is 152 Å². The maximum Gasteiger partial charge on any atom is 4.00 e. The van der Waals surface area contributed by atoms with Gasteiger partial charge in [0.25, 0.3) is 0 Å². The summed E-state index contributed by atoms with van der Waals surface area (Å²) in [6, 6.07) is 31.0. The molecule has 0 fully saturated rings. The van der Waals surface area contributed by atoms with Crippen LogP contribution in [0.1, 0.15) is 63.1 Å². The molecular weight excluding hydrogens is 520 g/mol. The minimum absolute atomic E-state index is 0. The van der Waals surface area contributed by atoms with Crippen molar-refractivity contribution in [3.63, 3.8) is 0 Å². The van der Waals surface area contributed by atoms with Crippen molar-refractivity contribution >= 4 is 8.07 Å². The van der Waals surface area contributed by atoms with Gasteiger partial charge in [-0.2, -0.15) is 85.0 Å². The zero-order valence-electron chi connectivity index (χ0n) is 25.0. The minimum Gasteiger partial charge on any atom is -0.269 e. The van der Waals surface area contributed by atoms with Crippen LogP contribution in [0.5, 0.6) is 0 Å². The number of rotatable bonds is 2. The van der Waals surface area contributed by atoms with Gasteiger partial charge in [-0.25, -0.2) is 6.08 Å². The van der Waals surface area contributed by atoms with Crippen LogP contribution >= 0.6 is 0 Å². The van der Waals surface area contributed by atoms with E-state index in [1.54, 1.807) is 11.1 Å². The van der Waals surface area contributed by atoms with E-state index in [0.717, 1.165) is 16.7 Å². The Labute approximate surface area is 256 Å². The molecule has 0 aliphatic heterocycles. The Morgan fingerprint density at radius 1 is 0.692 bits per heavy atom. The first-order valence-corrected chi connectivity index (χ1v) is 17.1. The molecule has 2 aliphatic carbocycles. The molecule has 1 atom stereocenters. The Morgan fingerprint density at radius 3 is 1.41 bits per heavy atom. The van der Waals surface area contributed by atoms with Gasteiger partial charge in [0.05, 0.1) is 8.07 Å². The molecule has 5 rings (SSSR count). The second-order valence-corrected chi connectivity index (χ2v) is 17.6. The third kappa shape index (κ3) is 13.1. The van der Waals surface area contributed by atoms with Gasteiger partial charge in [-0.3, -0.25) is 6.08 Å². The second-order valence-electron chi connectivity index (χ2n) is 11.9. The zero-order valence-corrected chi connectivity index (χ0v) is 27.5. The molecule has 3 aromatic carbocycles. The average Bonchev–Trinajstić information content (AvgIpc) is 3.28. The van der Waals surface area contributed by atoms with E-state index in [0.29, 0.717) is 11.0 Å². The van der Waals surface area contributed by atoms with Gasteiger partial charge < -0.3 is 0 Å². The fraction of sp³-hybridized carbons (Fsp3) is 0.324. The standard InChI is InChI=1S/C16H27Si.3C7H7.Ti/c1-16(2,3)17(4,5)12-14-11-10-13-8-6-7-9-15(13)14;3*1-7-5-3-2-4-6-7;/h10,14H,6-9,12H2,1-5H3;3*2-6H,1H2;/q4*-1;+4. The van der Waals surface area contributed by atoms with E-state index in [-0.39, 0.29) is 21.7 Å². The van der Waals surface area contributed by atoms with E-state index in [9.17, 15) is 0 Å². The largest absolute Gasteiger partial charge is 4.00 e. The summed E-state index contributed by atoms with van der Waals surface area (Å²) < 4.78 is 0. The molecule has 2 heteroatoms. The Kier molecular flexibility index (Phi) is 15.5. The van der Waals surface area contributed by atoms with E-state index in [2.05, 4.69) is 66.8 Å². The molecule has 0 N–H and O–H groups in total. The van der Waals surface area contributed by atoms with Gasteiger partial charge in [0.2, 0.25) is 0 Å². The van der Waals surface area contributed by atoms with E-state index >= 15 is 0 Å². The smallest absolute Gasteiger partial charge is 0.269 e. The van der Waals surface area contributed by atoms with Crippen molar-refractivity contribution in [1.82, 2.24) is 0 Å². The monoisotopic (exact) mass is 568 g/mol. The summed E-state index contributed by atoms with van der Waals surface area (Å²) in [5, 5.41) is 0.507. The van der Waals surface area contributed by atoms with Crippen LogP contribution < -0.4 is 0 Å². The first-order valence-electron chi connectivity index (χ1n) is 13.9. The van der Waals surface area contributed by atoms with Crippen molar-refractivity contribution < 1.29 is 21.7 Å². The average molecular weight is 569 g/mol. The Bertz CT molecular complexity index is 1020. The van der Waals surface area contributed by atoms with Crippen LogP contribution in [-0.2, 0) is 21.7 Å². The molecule has 0 heterocycles. The first-order chi connectivity index (χ1) is 18.0. The van der Waals surface area contributed by atoms with Crippen LogP contribution in [0.25, 0.3) is 0 Å². The molecule has 0 amide bonds. The SMILES string of the molecule is CC(C)(C)[Si](C)(C)CC1[C-]=CC2=C1CCCC2.[CH2-]c1ccccc1.[CH2-]c1ccccc1.[CH2-]c1ccccc1.[Ti+4]. The molecule has 0 spiro atoms. The second kappa shape index (κ2) is 17.4. The van der Waals surface area contributed by atoms with Gasteiger partial charge in [0.1, 0.15) is 0 Å². The molecule has 0 saturated heterocycles. The van der Waals surface area contributed by atoms with E-state index in [4.69, 9.17) is 0 Å². The summed E-state index contributed by atoms with van der Waals surface area (Å²) in [6.45, 7) is 23.5. The molecular formula is C37H48SiTi. The molecule has 0 nitrogen and oxygen atoms in total. The third-order valence-electron chi connectivity index (χ3n) is 7.71. The quantitative estimate of drug-likeness (QED) is 0.213. The van der Waals surface area contributed by atoms with Gasteiger partial charge in [-0.05, 0) is 11.5 Å². The molecule has 0 bridgehead atoms. The normalized spacial score (nSPS) is 15.7. The maximum atomic E-state index is 3.72. The molecule has 3 aromatic rings. The first kappa shape index (κ1) is 34.7. The van der Waals surface area contributed by atoms with Crippen molar-refractivity contribution in [1.29, 1.82) is 0 Å².